The molecule has 1 amide bonds. The summed E-state index contributed by atoms with van der Waals surface area (Å²) < 4.78 is 7.77. The van der Waals surface area contributed by atoms with Crippen molar-refractivity contribution >= 4 is 51.7 Å². The van der Waals surface area contributed by atoms with Crippen molar-refractivity contribution in [3.05, 3.63) is 80.6 Å². The summed E-state index contributed by atoms with van der Waals surface area (Å²) in [6.07, 6.45) is 7.08. The number of amides is 1. The number of benzene rings is 1. The number of thiocarbonyl (C=S) groups is 1. The molecule has 186 valence electrons. The van der Waals surface area contributed by atoms with E-state index in [2.05, 4.69) is 17.4 Å². The predicted molar refractivity (Wildman–Crippen MR) is 148 cm³/mol. The van der Waals surface area contributed by atoms with Gasteiger partial charge in [-0.2, -0.15) is 0 Å². The number of aromatic nitrogens is 2. The number of anilines is 1. The monoisotopic (exact) mass is 520 g/mol. The van der Waals surface area contributed by atoms with Crippen molar-refractivity contribution in [1.82, 2.24) is 14.3 Å². The molecule has 4 heterocycles. The first-order valence-electron chi connectivity index (χ1n) is 12.2. The van der Waals surface area contributed by atoms with Crippen LogP contribution in [0, 0.1) is 6.92 Å². The van der Waals surface area contributed by atoms with Crippen LogP contribution in [-0.2, 0) is 16.0 Å². The highest BCUT2D eigenvalue weighted by Gasteiger charge is 2.32. The van der Waals surface area contributed by atoms with Crippen LogP contribution in [0.15, 0.2) is 58.4 Å². The third kappa shape index (κ3) is 5.23. The number of nitrogens with one attached hydrogen (secondary N) is 1. The number of thioether (sulfide) groups is 1. The van der Waals surface area contributed by atoms with E-state index in [1.54, 1.807) is 17.2 Å². The summed E-state index contributed by atoms with van der Waals surface area (Å²) in [5, 5.41) is 3.32. The second kappa shape index (κ2) is 10.9. The van der Waals surface area contributed by atoms with E-state index in [9.17, 15) is 9.59 Å². The van der Waals surface area contributed by atoms with Crippen LogP contribution in [0.2, 0.25) is 0 Å². The van der Waals surface area contributed by atoms with Gasteiger partial charge in [0.05, 0.1) is 16.6 Å². The maximum atomic E-state index is 13.5. The Balaban J connectivity index is 1.41. The lowest BCUT2D eigenvalue weighted by molar-refractivity contribution is -0.122. The average molecular weight is 521 g/mol. The summed E-state index contributed by atoms with van der Waals surface area (Å²) in [6.45, 7) is 3.76. The van der Waals surface area contributed by atoms with E-state index in [4.69, 9.17) is 21.9 Å². The topological polar surface area (TPSA) is 75.9 Å². The quantitative estimate of drug-likeness (QED) is 0.348. The normalized spacial score (nSPS) is 19.1. The summed E-state index contributed by atoms with van der Waals surface area (Å²) in [4.78, 5) is 33.6. The molecule has 0 spiro atoms. The number of hydrogen-bond acceptors (Lipinski definition) is 7. The lowest BCUT2D eigenvalue weighted by atomic mass is 10.1. The number of carbonyl (C=O) groups is 1. The van der Waals surface area contributed by atoms with E-state index in [0.717, 1.165) is 37.9 Å². The molecule has 3 aromatic rings. The van der Waals surface area contributed by atoms with Gasteiger partial charge in [0.2, 0.25) is 0 Å². The van der Waals surface area contributed by atoms with Gasteiger partial charge >= 0.3 is 0 Å². The third-order valence-corrected chi connectivity index (χ3v) is 7.82. The van der Waals surface area contributed by atoms with Gasteiger partial charge in [-0.05, 0) is 55.9 Å². The Hall–Kier alpha value is -3.01. The number of fused-ring (bicyclic) bond motifs is 1. The first-order valence-corrected chi connectivity index (χ1v) is 13.4. The summed E-state index contributed by atoms with van der Waals surface area (Å²) in [5.41, 5.74) is 2.83. The Bertz CT molecular complexity index is 1380. The molecule has 9 heteroatoms. The first-order chi connectivity index (χ1) is 17.5. The second-order valence-corrected chi connectivity index (χ2v) is 10.7. The fraction of sp³-hybridized carbons (Fsp3) is 0.333. The predicted octanol–water partition coefficient (Wildman–Crippen LogP) is 4.43. The van der Waals surface area contributed by atoms with Crippen molar-refractivity contribution in [3.63, 3.8) is 0 Å². The van der Waals surface area contributed by atoms with Crippen LogP contribution in [0.5, 0.6) is 0 Å². The molecule has 0 saturated carbocycles. The van der Waals surface area contributed by atoms with Crippen molar-refractivity contribution in [3.8, 4) is 0 Å². The molecule has 0 bridgehead atoms. The molecule has 1 N–H and O–H groups in total. The SMILES string of the molecule is Cc1cccn2c(=O)c(C=C3SC(=S)N(CCCc4ccccc4)C3=O)c(NCC3CCCO3)nc12. The lowest BCUT2D eigenvalue weighted by Crippen LogP contribution is -2.29. The van der Waals surface area contributed by atoms with Crippen LogP contribution >= 0.6 is 24.0 Å². The molecule has 36 heavy (non-hydrogen) atoms. The number of rotatable bonds is 8. The molecule has 1 aromatic carbocycles. The minimum Gasteiger partial charge on any atom is -0.376 e. The zero-order valence-electron chi connectivity index (χ0n) is 20.1. The van der Waals surface area contributed by atoms with Crippen LogP contribution in [0.4, 0.5) is 5.82 Å². The molecule has 0 radical (unpaired) electrons. The number of nitrogens with zero attached hydrogens (tertiary/aromatic N) is 3. The van der Waals surface area contributed by atoms with Gasteiger partial charge in [-0.15, -0.1) is 0 Å². The van der Waals surface area contributed by atoms with Crippen molar-refractivity contribution in [2.75, 3.05) is 25.0 Å². The number of aryl methyl sites for hydroxylation is 2. The number of ether oxygens (including phenoxy) is 1. The van der Waals surface area contributed by atoms with Gasteiger partial charge in [0.15, 0.2) is 0 Å². The summed E-state index contributed by atoms with van der Waals surface area (Å²) in [7, 11) is 0. The Kier molecular flexibility index (Phi) is 7.50. The van der Waals surface area contributed by atoms with E-state index < -0.39 is 0 Å². The maximum absolute atomic E-state index is 13.5. The summed E-state index contributed by atoms with van der Waals surface area (Å²) in [5.74, 6) is 0.288. The second-order valence-electron chi connectivity index (χ2n) is 9.00. The summed E-state index contributed by atoms with van der Waals surface area (Å²) in [6, 6.07) is 13.9. The van der Waals surface area contributed by atoms with Crippen molar-refractivity contribution in [2.45, 2.75) is 38.7 Å². The molecule has 1 atom stereocenters. The molecule has 2 aliphatic heterocycles. The van der Waals surface area contributed by atoms with Gasteiger partial charge in [0.1, 0.15) is 15.8 Å². The lowest BCUT2D eigenvalue weighted by Gasteiger charge is -2.15. The van der Waals surface area contributed by atoms with Crippen LogP contribution in [0.25, 0.3) is 11.7 Å². The van der Waals surface area contributed by atoms with Crippen molar-refractivity contribution < 1.29 is 9.53 Å². The Morgan fingerprint density at radius 2 is 2.06 bits per heavy atom. The highest BCUT2D eigenvalue weighted by molar-refractivity contribution is 8.26. The Labute approximate surface area is 219 Å². The molecule has 5 rings (SSSR count). The van der Waals surface area contributed by atoms with Crippen LogP contribution in [0.1, 0.15) is 36.0 Å². The number of hydrogen-bond donors (Lipinski definition) is 1. The standard InChI is InChI=1S/C27H28N4O3S2/c1-18-8-5-13-30-24(18)29-23(28-17-20-12-7-15-34-20)21(25(30)32)16-22-26(33)31(27(35)36-22)14-6-11-19-9-3-2-4-10-19/h2-5,8-10,13,16,20,28H,6-7,11-12,14-15,17H2,1H3. The van der Waals surface area contributed by atoms with Gasteiger partial charge in [-0.3, -0.25) is 18.9 Å². The maximum Gasteiger partial charge on any atom is 0.267 e. The zero-order chi connectivity index (χ0) is 25.1. The summed E-state index contributed by atoms with van der Waals surface area (Å²) >= 11 is 6.75. The van der Waals surface area contributed by atoms with Gasteiger partial charge in [0, 0.05) is 25.9 Å². The highest BCUT2D eigenvalue weighted by atomic mass is 32.2. The van der Waals surface area contributed by atoms with Gasteiger partial charge in [0.25, 0.3) is 11.5 Å². The number of carbonyl (C=O) groups excluding carboxylic acids is 1. The molecular weight excluding hydrogens is 492 g/mol. The molecule has 2 aliphatic rings. The smallest absolute Gasteiger partial charge is 0.267 e. The van der Waals surface area contributed by atoms with Gasteiger partial charge in [-0.25, -0.2) is 4.98 Å². The van der Waals surface area contributed by atoms with Crippen LogP contribution < -0.4 is 10.9 Å². The molecule has 0 aliphatic carbocycles. The molecule has 7 nitrogen and oxygen atoms in total. The molecule has 2 saturated heterocycles. The average Bonchev–Trinajstić information content (AvgIpc) is 3.49. The van der Waals surface area contributed by atoms with E-state index in [-0.39, 0.29) is 17.6 Å². The Morgan fingerprint density at radius 1 is 1.22 bits per heavy atom. The zero-order valence-corrected chi connectivity index (χ0v) is 21.7. The minimum atomic E-state index is -0.229. The molecular formula is C27H28N4O3S2. The fourth-order valence-electron chi connectivity index (χ4n) is 4.50. The first kappa shape index (κ1) is 24.7. The van der Waals surface area contributed by atoms with E-state index >= 15 is 0 Å². The molecule has 2 fully saturated rings. The molecule has 1 unspecified atom stereocenters. The molecule has 2 aromatic heterocycles. The van der Waals surface area contributed by atoms with Crippen molar-refractivity contribution in [1.29, 1.82) is 0 Å². The largest absolute Gasteiger partial charge is 0.376 e. The van der Waals surface area contributed by atoms with E-state index in [0.29, 0.717) is 39.3 Å². The number of pyridine rings is 1. The van der Waals surface area contributed by atoms with Crippen molar-refractivity contribution in [2.24, 2.45) is 0 Å². The van der Waals surface area contributed by atoms with E-state index in [1.807, 2.05) is 37.3 Å². The fourth-order valence-corrected chi connectivity index (χ4v) is 5.79. The van der Waals surface area contributed by atoms with Gasteiger partial charge in [-0.1, -0.05) is 60.4 Å². The van der Waals surface area contributed by atoms with Crippen LogP contribution in [0.3, 0.4) is 0 Å². The van der Waals surface area contributed by atoms with Crippen LogP contribution in [-0.4, -0.2) is 50.3 Å². The minimum absolute atomic E-state index is 0.0813. The van der Waals surface area contributed by atoms with E-state index in [1.165, 1.54) is 21.7 Å². The van der Waals surface area contributed by atoms with Gasteiger partial charge < -0.3 is 10.1 Å². The highest BCUT2D eigenvalue weighted by Crippen LogP contribution is 2.33. The Morgan fingerprint density at radius 3 is 2.83 bits per heavy atom. The third-order valence-electron chi connectivity index (χ3n) is 6.44.